The number of methoxy groups -OCH3 is 1. The lowest BCUT2D eigenvalue weighted by atomic mass is 9.89. The number of hydrogen-bond donors (Lipinski definition) is 1. The van der Waals surface area contributed by atoms with Crippen molar-refractivity contribution in [3.05, 3.63) is 71.3 Å². The molecule has 0 bridgehead atoms. The molecule has 0 aliphatic heterocycles. The molecular weight excluding hydrogens is 402 g/mol. The smallest absolute Gasteiger partial charge is 0.341 e. The number of thioether (sulfide) groups is 1. The number of aryl methyl sites for hydroxylation is 1. The minimum absolute atomic E-state index is 0.0922. The summed E-state index contributed by atoms with van der Waals surface area (Å²) in [5.41, 5.74) is 3.90. The topological polar surface area (TPSA) is 55.4 Å². The molecule has 2 aromatic carbocycles. The molecule has 1 aliphatic carbocycles. The van der Waals surface area contributed by atoms with Gasteiger partial charge in [-0.25, -0.2) is 4.79 Å². The van der Waals surface area contributed by atoms with Gasteiger partial charge in [0.1, 0.15) is 5.00 Å². The summed E-state index contributed by atoms with van der Waals surface area (Å²) in [6.07, 6.45) is 2.03. The number of thiophene rings is 1. The second-order valence-corrected chi connectivity index (χ2v) is 8.91. The molecule has 1 heterocycles. The lowest BCUT2D eigenvalue weighted by molar-refractivity contribution is -0.115. The third-order valence-electron chi connectivity index (χ3n) is 4.90. The zero-order valence-corrected chi connectivity index (χ0v) is 17.7. The molecule has 148 valence electrons. The van der Waals surface area contributed by atoms with Crippen LogP contribution in [-0.2, 0) is 22.4 Å². The number of amides is 1. The molecule has 0 unspecified atom stereocenters. The summed E-state index contributed by atoms with van der Waals surface area (Å²) in [5.74, 6) is 0.193. The average Bonchev–Trinajstić information content (AvgIpc) is 3.12. The highest BCUT2D eigenvalue weighted by atomic mass is 32.2. The monoisotopic (exact) mass is 423 g/mol. The van der Waals surface area contributed by atoms with Crippen LogP contribution in [0.25, 0.3) is 10.4 Å². The first-order valence-electron chi connectivity index (χ1n) is 9.47. The molecule has 1 aromatic heterocycles. The number of anilines is 1. The van der Waals surface area contributed by atoms with E-state index in [2.05, 4.69) is 17.4 Å². The predicted molar refractivity (Wildman–Crippen MR) is 119 cm³/mol. The number of rotatable bonds is 6. The number of benzene rings is 2. The highest BCUT2D eigenvalue weighted by Gasteiger charge is 2.29. The number of fused-ring (bicyclic) bond motifs is 3. The van der Waals surface area contributed by atoms with Crippen molar-refractivity contribution in [1.29, 1.82) is 0 Å². The van der Waals surface area contributed by atoms with Gasteiger partial charge in [0, 0.05) is 21.9 Å². The second-order valence-electron chi connectivity index (χ2n) is 6.72. The molecule has 6 heteroatoms. The van der Waals surface area contributed by atoms with Gasteiger partial charge in [0.15, 0.2) is 0 Å². The van der Waals surface area contributed by atoms with Crippen LogP contribution in [0.5, 0.6) is 0 Å². The fourth-order valence-corrected chi connectivity index (χ4v) is 5.70. The maximum absolute atomic E-state index is 12.6. The van der Waals surface area contributed by atoms with Gasteiger partial charge in [-0.1, -0.05) is 42.5 Å². The van der Waals surface area contributed by atoms with Gasteiger partial charge < -0.3 is 10.1 Å². The number of esters is 1. The van der Waals surface area contributed by atoms with Crippen molar-refractivity contribution in [2.24, 2.45) is 0 Å². The van der Waals surface area contributed by atoms with Crippen molar-refractivity contribution >= 4 is 40.0 Å². The highest BCUT2D eigenvalue weighted by molar-refractivity contribution is 7.99. The van der Waals surface area contributed by atoms with Crippen molar-refractivity contribution in [1.82, 2.24) is 0 Å². The molecule has 1 amide bonds. The third kappa shape index (κ3) is 4.23. The average molecular weight is 424 g/mol. The highest BCUT2D eigenvalue weighted by Crippen LogP contribution is 2.45. The van der Waals surface area contributed by atoms with Gasteiger partial charge in [-0.2, -0.15) is 0 Å². The molecule has 0 radical (unpaired) electrons. The molecule has 1 N–H and O–H groups in total. The van der Waals surface area contributed by atoms with Gasteiger partial charge in [-0.3, -0.25) is 4.79 Å². The molecule has 4 rings (SSSR count). The second kappa shape index (κ2) is 8.84. The summed E-state index contributed by atoms with van der Waals surface area (Å²) in [6, 6.07) is 18.2. The summed E-state index contributed by atoms with van der Waals surface area (Å²) in [6.45, 7) is 0. The van der Waals surface area contributed by atoms with Gasteiger partial charge in [0.25, 0.3) is 0 Å². The fourth-order valence-electron chi connectivity index (χ4n) is 3.51. The number of nitrogens with one attached hydrogen (secondary N) is 1. The first-order valence-corrected chi connectivity index (χ1v) is 11.3. The Kier molecular flexibility index (Phi) is 6.02. The number of ether oxygens (including phenoxy) is 1. The molecule has 0 saturated heterocycles. The van der Waals surface area contributed by atoms with Gasteiger partial charge in [-0.05, 0) is 41.7 Å². The van der Waals surface area contributed by atoms with E-state index in [1.54, 1.807) is 11.8 Å². The van der Waals surface area contributed by atoms with E-state index in [1.807, 2.05) is 42.5 Å². The van der Waals surface area contributed by atoms with Crippen molar-refractivity contribution in [3.63, 3.8) is 0 Å². The van der Waals surface area contributed by atoms with Crippen LogP contribution < -0.4 is 5.32 Å². The van der Waals surface area contributed by atoms with Crippen LogP contribution >= 0.6 is 23.1 Å². The molecular formula is C23H21NO3S2. The first-order chi connectivity index (χ1) is 14.2. The maximum atomic E-state index is 12.6. The van der Waals surface area contributed by atoms with Crippen LogP contribution in [0, 0.1) is 0 Å². The number of carbonyl (C=O) groups excluding carboxylic acids is 2. The minimum Gasteiger partial charge on any atom is -0.465 e. The lowest BCUT2D eigenvalue weighted by Crippen LogP contribution is -2.15. The van der Waals surface area contributed by atoms with E-state index >= 15 is 0 Å². The fraction of sp³-hybridized carbons (Fsp3) is 0.217. The van der Waals surface area contributed by atoms with E-state index in [9.17, 15) is 9.59 Å². The van der Waals surface area contributed by atoms with E-state index in [4.69, 9.17) is 4.74 Å². The minimum atomic E-state index is -0.393. The quantitative estimate of drug-likeness (QED) is 0.425. The number of carbonyl (C=O) groups is 2. The van der Waals surface area contributed by atoms with E-state index in [-0.39, 0.29) is 5.91 Å². The maximum Gasteiger partial charge on any atom is 0.341 e. The van der Waals surface area contributed by atoms with E-state index < -0.39 is 5.97 Å². The Bertz CT molecular complexity index is 1040. The molecule has 1 aliphatic rings. The van der Waals surface area contributed by atoms with Crippen molar-refractivity contribution < 1.29 is 14.3 Å². The zero-order chi connectivity index (χ0) is 20.2. The Labute approximate surface area is 178 Å². The lowest BCUT2D eigenvalue weighted by Gasteiger charge is -2.16. The Morgan fingerprint density at radius 1 is 1.07 bits per heavy atom. The Balaban J connectivity index is 1.53. The van der Waals surface area contributed by atoms with Crippen LogP contribution in [0.2, 0.25) is 0 Å². The summed E-state index contributed by atoms with van der Waals surface area (Å²) in [4.78, 5) is 27.2. The largest absolute Gasteiger partial charge is 0.465 e. The molecule has 4 nitrogen and oxygen atoms in total. The van der Waals surface area contributed by atoms with E-state index in [1.165, 1.54) is 24.0 Å². The molecule has 0 spiro atoms. The van der Waals surface area contributed by atoms with Gasteiger partial charge in [0.05, 0.1) is 12.7 Å². The standard InChI is InChI=1S/C23H21NO3S2/c1-27-23(26)20-18-12-11-15-7-5-6-10-17(15)21(18)29-22(20)24-19(25)13-14-28-16-8-3-2-4-9-16/h2-10H,11-14H2,1H3,(H,24,25). The summed E-state index contributed by atoms with van der Waals surface area (Å²) >= 11 is 3.11. The molecule has 3 aromatic rings. The van der Waals surface area contributed by atoms with Gasteiger partial charge >= 0.3 is 5.97 Å². The third-order valence-corrected chi connectivity index (χ3v) is 7.09. The van der Waals surface area contributed by atoms with Crippen LogP contribution in [0.4, 0.5) is 5.00 Å². The Morgan fingerprint density at radius 3 is 2.62 bits per heavy atom. The predicted octanol–water partition coefficient (Wildman–Crippen LogP) is 5.42. The van der Waals surface area contributed by atoms with Crippen LogP contribution in [-0.4, -0.2) is 24.7 Å². The van der Waals surface area contributed by atoms with Crippen LogP contribution in [0.3, 0.4) is 0 Å². The van der Waals surface area contributed by atoms with E-state index in [0.29, 0.717) is 22.7 Å². The summed E-state index contributed by atoms with van der Waals surface area (Å²) < 4.78 is 5.02. The Morgan fingerprint density at radius 2 is 1.83 bits per heavy atom. The number of hydrogen-bond acceptors (Lipinski definition) is 5. The van der Waals surface area contributed by atoms with Crippen molar-refractivity contribution in [2.75, 3.05) is 18.2 Å². The van der Waals surface area contributed by atoms with Crippen molar-refractivity contribution in [3.8, 4) is 10.4 Å². The molecule has 0 fully saturated rings. The molecule has 0 atom stereocenters. The van der Waals surface area contributed by atoms with Gasteiger partial charge in [-0.15, -0.1) is 23.1 Å². The normalized spacial score (nSPS) is 12.0. The summed E-state index contributed by atoms with van der Waals surface area (Å²) in [5, 5.41) is 3.56. The first kappa shape index (κ1) is 19.7. The van der Waals surface area contributed by atoms with Crippen LogP contribution in [0.15, 0.2) is 59.5 Å². The summed E-state index contributed by atoms with van der Waals surface area (Å²) in [7, 11) is 1.38. The molecule has 0 saturated carbocycles. The van der Waals surface area contributed by atoms with Crippen LogP contribution in [0.1, 0.15) is 27.9 Å². The van der Waals surface area contributed by atoms with E-state index in [0.717, 1.165) is 33.7 Å². The van der Waals surface area contributed by atoms with Crippen molar-refractivity contribution in [2.45, 2.75) is 24.2 Å². The Hall–Kier alpha value is -2.57. The zero-order valence-electron chi connectivity index (χ0n) is 16.1. The SMILES string of the molecule is COC(=O)c1c(NC(=O)CCSc2ccccc2)sc2c1CCc1ccccc1-2. The molecule has 29 heavy (non-hydrogen) atoms. The van der Waals surface area contributed by atoms with Gasteiger partial charge in [0.2, 0.25) is 5.91 Å².